The van der Waals surface area contributed by atoms with E-state index >= 15 is 0 Å². The topological polar surface area (TPSA) is 112 Å². The molecule has 0 fully saturated rings. The number of carbonyl (C=O) groups is 3. The summed E-state index contributed by atoms with van der Waals surface area (Å²) in [6.45, 7) is 0.869. The zero-order chi connectivity index (χ0) is 21.4. The van der Waals surface area contributed by atoms with E-state index in [-0.39, 0.29) is 23.0 Å². The van der Waals surface area contributed by atoms with Crippen LogP contribution in [0.3, 0.4) is 0 Å². The lowest BCUT2D eigenvalue weighted by Gasteiger charge is -2.15. The first kappa shape index (κ1) is 21.5. The fourth-order valence-electron chi connectivity index (χ4n) is 2.55. The molecule has 0 radical (unpaired) electrons. The predicted octanol–water partition coefficient (Wildman–Crippen LogP) is 2.47. The maximum absolute atomic E-state index is 12.4. The Morgan fingerprint density at radius 3 is 2.10 bits per heavy atom. The van der Waals surface area contributed by atoms with Gasteiger partial charge in [0.25, 0.3) is 5.91 Å². The molecule has 29 heavy (non-hydrogen) atoms. The maximum Gasteiger partial charge on any atom is 0.342 e. The number of esters is 1. The number of hydrogen-bond acceptors (Lipinski definition) is 7. The quantitative estimate of drug-likeness (QED) is 0.652. The Labute approximate surface area is 167 Å². The average Bonchev–Trinajstić information content (AvgIpc) is 2.70. The summed E-state index contributed by atoms with van der Waals surface area (Å²) in [5.41, 5.74) is 1.06. The van der Waals surface area contributed by atoms with E-state index in [1.165, 1.54) is 40.4 Å². The molecular weight excluding hydrogens is 380 g/mol. The number of anilines is 2. The van der Waals surface area contributed by atoms with Crippen molar-refractivity contribution in [1.29, 1.82) is 0 Å². The lowest BCUT2D eigenvalue weighted by molar-refractivity contribution is -0.119. The summed E-state index contributed by atoms with van der Waals surface area (Å²) in [7, 11) is 4.25. The average molecular weight is 402 g/mol. The molecule has 0 aliphatic rings. The molecule has 2 N–H and O–H groups in total. The molecule has 0 unspecified atom stereocenters. The molecule has 2 aromatic carbocycles. The molecule has 2 amide bonds. The van der Waals surface area contributed by atoms with Gasteiger partial charge in [0, 0.05) is 18.3 Å². The maximum atomic E-state index is 12.4. The molecule has 0 heterocycles. The van der Waals surface area contributed by atoms with Gasteiger partial charge in [-0.15, -0.1) is 0 Å². The fraction of sp³-hybridized carbons (Fsp3) is 0.250. The van der Waals surface area contributed by atoms with Gasteiger partial charge in [0.05, 0.1) is 21.3 Å². The van der Waals surface area contributed by atoms with Gasteiger partial charge >= 0.3 is 5.97 Å². The van der Waals surface area contributed by atoms with Gasteiger partial charge in [-0.05, 0) is 30.3 Å². The van der Waals surface area contributed by atoms with Crippen molar-refractivity contribution >= 4 is 29.2 Å². The van der Waals surface area contributed by atoms with Crippen LogP contribution in [0.2, 0.25) is 0 Å². The normalized spacial score (nSPS) is 9.93. The number of hydrogen-bond donors (Lipinski definition) is 2. The molecule has 9 heteroatoms. The van der Waals surface area contributed by atoms with Crippen molar-refractivity contribution in [2.24, 2.45) is 0 Å². The number of nitrogens with one attached hydrogen (secondary N) is 2. The van der Waals surface area contributed by atoms with Crippen LogP contribution < -0.4 is 24.8 Å². The van der Waals surface area contributed by atoms with Crippen LogP contribution in [0.1, 0.15) is 17.3 Å². The highest BCUT2D eigenvalue weighted by Gasteiger charge is 2.22. The zero-order valence-corrected chi connectivity index (χ0v) is 16.5. The number of carbonyl (C=O) groups excluding carboxylic acids is 3. The Hall–Kier alpha value is -3.75. The van der Waals surface area contributed by atoms with Crippen LogP contribution >= 0.6 is 0 Å². The van der Waals surface area contributed by atoms with Gasteiger partial charge in [0.2, 0.25) is 11.7 Å². The number of methoxy groups -OCH3 is 3. The molecule has 0 saturated heterocycles. The molecule has 2 rings (SSSR count). The third kappa shape index (κ3) is 5.61. The van der Waals surface area contributed by atoms with Gasteiger partial charge in [-0.2, -0.15) is 0 Å². The van der Waals surface area contributed by atoms with E-state index in [1.54, 1.807) is 24.3 Å². The minimum atomic E-state index is -0.759. The number of benzene rings is 2. The van der Waals surface area contributed by atoms with E-state index in [2.05, 4.69) is 10.6 Å². The van der Waals surface area contributed by atoms with Crippen molar-refractivity contribution in [1.82, 2.24) is 0 Å². The zero-order valence-electron chi connectivity index (χ0n) is 16.5. The standard InChI is InChI=1S/C20H22N2O7/c1-12(23)21-13-6-5-7-14(10-13)22-17(24)11-29-20(25)15-8-9-16(26-2)19(28-4)18(15)27-3/h5-10H,11H2,1-4H3,(H,21,23)(H,22,24). The van der Waals surface area contributed by atoms with Gasteiger partial charge in [0.1, 0.15) is 5.56 Å². The molecule has 0 atom stereocenters. The van der Waals surface area contributed by atoms with E-state index in [0.29, 0.717) is 17.1 Å². The summed E-state index contributed by atoms with van der Waals surface area (Å²) >= 11 is 0. The van der Waals surface area contributed by atoms with Crippen LogP contribution in [0.4, 0.5) is 11.4 Å². The van der Waals surface area contributed by atoms with E-state index < -0.39 is 18.5 Å². The summed E-state index contributed by atoms with van der Waals surface area (Å²) in [6.07, 6.45) is 0. The highest BCUT2D eigenvalue weighted by molar-refractivity contribution is 5.98. The van der Waals surface area contributed by atoms with Gasteiger partial charge in [-0.3, -0.25) is 9.59 Å². The summed E-state index contributed by atoms with van der Waals surface area (Å²) in [4.78, 5) is 35.6. The van der Waals surface area contributed by atoms with Crippen LogP contribution in [0, 0.1) is 0 Å². The van der Waals surface area contributed by atoms with Crippen molar-refractivity contribution in [2.75, 3.05) is 38.6 Å². The second-order valence-corrected chi connectivity index (χ2v) is 5.77. The summed E-state index contributed by atoms with van der Waals surface area (Å²) in [6, 6.07) is 9.56. The number of ether oxygens (including phenoxy) is 4. The van der Waals surface area contributed by atoms with Gasteiger partial charge < -0.3 is 29.6 Å². The van der Waals surface area contributed by atoms with E-state index in [4.69, 9.17) is 18.9 Å². The first-order valence-corrected chi connectivity index (χ1v) is 8.53. The van der Waals surface area contributed by atoms with Crippen molar-refractivity contribution in [3.05, 3.63) is 42.0 Å². The van der Waals surface area contributed by atoms with Crippen LogP contribution in [0.25, 0.3) is 0 Å². The lowest BCUT2D eigenvalue weighted by atomic mass is 10.1. The molecule has 0 aliphatic carbocycles. The second kappa shape index (κ2) is 9.98. The van der Waals surface area contributed by atoms with Crippen LogP contribution in [0.5, 0.6) is 17.2 Å². The molecule has 0 saturated carbocycles. The SMILES string of the molecule is COc1ccc(C(=O)OCC(=O)Nc2cccc(NC(C)=O)c2)c(OC)c1OC. The number of amides is 2. The fourth-order valence-corrected chi connectivity index (χ4v) is 2.55. The monoisotopic (exact) mass is 402 g/mol. The first-order valence-electron chi connectivity index (χ1n) is 8.53. The Morgan fingerprint density at radius 1 is 0.862 bits per heavy atom. The van der Waals surface area contributed by atoms with E-state index in [1.807, 2.05) is 0 Å². The Morgan fingerprint density at radius 2 is 1.52 bits per heavy atom. The highest BCUT2D eigenvalue weighted by atomic mass is 16.5. The largest absolute Gasteiger partial charge is 0.493 e. The third-order valence-corrected chi connectivity index (χ3v) is 3.73. The third-order valence-electron chi connectivity index (χ3n) is 3.73. The smallest absolute Gasteiger partial charge is 0.342 e. The van der Waals surface area contributed by atoms with Crippen LogP contribution in [-0.4, -0.2) is 45.7 Å². The van der Waals surface area contributed by atoms with Crippen molar-refractivity contribution in [3.8, 4) is 17.2 Å². The Kier molecular flexibility index (Phi) is 7.41. The molecule has 154 valence electrons. The molecular formula is C20H22N2O7. The van der Waals surface area contributed by atoms with Crippen LogP contribution in [-0.2, 0) is 14.3 Å². The predicted molar refractivity (Wildman–Crippen MR) is 106 cm³/mol. The van der Waals surface area contributed by atoms with Crippen molar-refractivity contribution in [2.45, 2.75) is 6.92 Å². The number of rotatable bonds is 8. The first-order chi connectivity index (χ1) is 13.9. The molecule has 0 aliphatic heterocycles. The molecule has 0 spiro atoms. The lowest BCUT2D eigenvalue weighted by Crippen LogP contribution is -2.21. The van der Waals surface area contributed by atoms with Gasteiger partial charge in [0.15, 0.2) is 18.1 Å². The van der Waals surface area contributed by atoms with Crippen molar-refractivity contribution in [3.63, 3.8) is 0 Å². The Bertz CT molecular complexity index is 912. The molecule has 2 aromatic rings. The minimum Gasteiger partial charge on any atom is -0.493 e. The van der Waals surface area contributed by atoms with Crippen LogP contribution in [0.15, 0.2) is 36.4 Å². The summed E-state index contributed by atoms with van der Waals surface area (Å²) in [5, 5.41) is 5.20. The minimum absolute atomic E-state index is 0.0885. The van der Waals surface area contributed by atoms with E-state index in [9.17, 15) is 14.4 Å². The summed E-state index contributed by atoms with van der Waals surface area (Å²) in [5.74, 6) is -0.768. The summed E-state index contributed by atoms with van der Waals surface area (Å²) < 4.78 is 20.7. The Balaban J connectivity index is 2.04. The van der Waals surface area contributed by atoms with Gasteiger partial charge in [-0.1, -0.05) is 6.07 Å². The molecule has 0 aromatic heterocycles. The second-order valence-electron chi connectivity index (χ2n) is 5.77. The van der Waals surface area contributed by atoms with E-state index in [0.717, 1.165) is 0 Å². The molecule has 0 bridgehead atoms. The van der Waals surface area contributed by atoms with Gasteiger partial charge in [-0.25, -0.2) is 4.79 Å². The highest BCUT2D eigenvalue weighted by Crippen LogP contribution is 2.39. The molecule has 9 nitrogen and oxygen atoms in total. The van der Waals surface area contributed by atoms with Crippen molar-refractivity contribution < 1.29 is 33.3 Å².